The lowest BCUT2D eigenvalue weighted by molar-refractivity contribution is -0.122. The average Bonchev–Trinajstić information content (AvgIpc) is 3.01. The summed E-state index contributed by atoms with van der Waals surface area (Å²) in [5.41, 5.74) is 9.09. The number of anilines is 2. The van der Waals surface area contributed by atoms with E-state index in [1.165, 1.54) is 0 Å². The van der Waals surface area contributed by atoms with Crippen LogP contribution in [0.3, 0.4) is 0 Å². The van der Waals surface area contributed by atoms with Crippen LogP contribution in [0.15, 0.2) is 65.8 Å². The minimum absolute atomic E-state index is 0.0813. The summed E-state index contributed by atoms with van der Waals surface area (Å²) < 4.78 is 0. The molecule has 0 bridgehead atoms. The van der Waals surface area contributed by atoms with Gasteiger partial charge >= 0.3 is 0 Å². The minimum Gasteiger partial charge on any atom is -0.369 e. The van der Waals surface area contributed by atoms with E-state index in [4.69, 9.17) is 33.9 Å². The highest BCUT2D eigenvalue weighted by Gasteiger charge is 2.28. The summed E-state index contributed by atoms with van der Waals surface area (Å²) in [5, 5.41) is 4.13. The van der Waals surface area contributed by atoms with E-state index >= 15 is 0 Å². The van der Waals surface area contributed by atoms with Gasteiger partial charge in [-0.2, -0.15) is 0 Å². The number of primary amides is 1. The molecule has 2 aromatic carbocycles. The lowest BCUT2D eigenvalue weighted by Gasteiger charge is -2.31. The Bertz CT molecular complexity index is 1330. The van der Waals surface area contributed by atoms with Gasteiger partial charge in [0.15, 0.2) is 0 Å². The van der Waals surface area contributed by atoms with Crippen molar-refractivity contribution in [3.8, 4) is 0 Å². The van der Waals surface area contributed by atoms with E-state index in [0.29, 0.717) is 27.9 Å². The standard InChI is InChI=1S/C27H25Cl2N5O2/c28-19-6-7-22-20(14-19)25(32-23(27(36)33-22)13-17-3-1-2-4-21(17)29)18-5-8-24(31-15-18)34-11-9-16(10-12-34)26(30)35/h1-8,14-16,23H,9-13H2,(H2,30,35)(H,33,36). The fourth-order valence-electron chi connectivity index (χ4n) is 4.67. The van der Waals surface area contributed by atoms with Gasteiger partial charge in [-0.3, -0.25) is 14.6 Å². The molecule has 0 radical (unpaired) electrons. The van der Waals surface area contributed by atoms with Gasteiger partial charge in [0, 0.05) is 52.8 Å². The van der Waals surface area contributed by atoms with E-state index in [1.807, 2.05) is 30.3 Å². The highest BCUT2D eigenvalue weighted by molar-refractivity contribution is 6.32. The van der Waals surface area contributed by atoms with E-state index in [1.54, 1.807) is 30.5 Å². The molecule has 3 heterocycles. The summed E-state index contributed by atoms with van der Waals surface area (Å²) in [7, 11) is 0. The Labute approximate surface area is 219 Å². The number of nitrogens with two attached hydrogens (primary N) is 1. The molecule has 2 amide bonds. The molecule has 2 aliphatic heterocycles. The van der Waals surface area contributed by atoms with Crippen LogP contribution in [-0.4, -0.2) is 41.6 Å². The summed E-state index contributed by atoms with van der Waals surface area (Å²) in [6.45, 7) is 1.44. The first-order chi connectivity index (χ1) is 17.4. The lowest BCUT2D eigenvalue weighted by Crippen LogP contribution is -2.38. The molecular weight excluding hydrogens is 497 g/mol. The molecule has 0 spiro atoms. The second kappa shape index (κ2) is 10.3. The summed E-state index contributed by atoms with van der Waals surface area (Å²) in [6.07, 6.45) is 3.56. The Morgan fingerprint density at radius 1 is 1.08 bits per heavy atom. The summed E-state index contributed by atoms with van der Waals surface area (Å²) in [4.78, 5) is 36.4. The molecule has 7 nitrogen and oxygen atoms in total. The number of nitrogens with one attached hydrogen (secondary N) is 1. The van der Waals surface area contributed by atoms with Crippen molar-refractivity contribution in [1.29, 1.82) is 0 Å². The third-order valence-electron chi connectivity index (χ3n) is 6.70. The number of halogens is 2. The normalized spacial score (nSPS) is 18.2. The molecule has 1 fully saturated rings. The topological polar surface area (TPSA) is 101 Å². The quantitative estimate of drug-likeness (QED) is 0.516. The van der Waals surface area contributed by atoms with Crippen molar-refractivity contribution >= 4 is 52.2 Å². The van der Waals surface area contributed by atoms with Gasteiger partial charge in [0.2, 0.25) is 11.8 Å². The molecule has 1 atom stereocenters. The number of hydrogen-bond donors (Lipinski definition) is 2. The highest BCUT2D eigenvalue weighted by Crippen LogP contribution is 2.29. The molecule has 1 unspecified atom stereocenters. The summed E-state index contributed by atoms with van der Waals surface area (Å²) >= 11 is 12.7. The number of piperidine rings is 1. The molecule has 5 rings (SSSR count). The molecule has 3 N–H and O–H groups in total. The van der Waals surface area contributed by atoms with Crippen molar-refractivity contribution in [2.75, 3.05) is 23.3 Å². The molecule has 1 saturated heterocycles. The van der Waals surface area contributed by atoms with Gasteiger partial charge in [0.25, 0.3) is 0 Å². The number of aromatic nitrogens is 1. The molecule has 3 aromatic rings. The fourth-order valence-corrected chi connectivity index (χ4v) is 5.05. The van der Waals surface area contributed by atoms with Crippen LogP contribution in [-0.2, 0) is 16.0 Å². The van der Waals surface area contributed by atoms with E-state index < -0.39 is 6.04 Å². The average molecular weight is 522 g/mol. The first-order valence-electron chi connectivity index (χ1n) is 11.8. The predicted octanol–water partition coefficient (Wildman–Crippen LogP) is 4.49. The van der Waals surface area contributed by atoms with Crippen LogP contribution < -0.4 is 16.0 Å². The maximum Gasteiger partial charge on any atom is 0.249 e. The van der Waals surface area contributed by atoms with Crippen LogP contribution in [0.2, 0.25) is 10.0 Å². The maximum absolute atomic E-state index is 13.1. The molecule has 184 valence electrons. The second-order valence-corrected chi connectivity index (χ2v) is 9.88. The number of pyridine rings is 1. The van der Waals surface area contributed by atoms with Crippen molar-refractivity contribution < 1.29 is 9.59 Å². The van der Waals surface area contributed by atoms with Gasteiger partial charge in [0.05, 0.1) is 11.4 Å². The van der Waals surface area contributed by atoms with Gasteiger partial charge in [0.1, 0.15) is 11.9 Å². The van der Waals surface area contributed by atoms with Crippen molar-refractivity contribution in [2.45, 2.75) is 25.3 Å². The molecule has 0 saturated carbocycles. The lowest BCUT2D eigenvalue weighted by atomic mass is 9.96. The monoisotopic (exact) mass is 521 g/mol. The van der Waals surface area contributed by atoms with Gasteiger partial charge in [-0.15, -0.1) is 0 Å². The highest BCUT2D eigenvalue weighted by atomic mass is 35.5. The fraction of sp³-hybridized carbons (Fsp3) is 0.259. The van der Waals surface area contributed by atoms with Gasteiger partial charge in [-0.1, -0.05) is 41.4 Å². The third kappa shape index (κ3) is 5.08. The SMILES string of the molecule is NC(=O)C1CCN(c2ccc(C3=NC(Cc4ccccc4Cl)C(=O)Nc4ccc(Cl)cc43)cn2)CC1. The maximum atomic E-state index is 13.1. The van der Waals surface area contributed by atoms with Gasteiger partial charge in [-0.05, 0) is 54.8 Å². The van der Waals surface area contributed by atoms with Gasteiger partial charge in [-0.25, -0.2) is 4.98 Å². The predicted molar refractivity (Wildman–Crippen MR) is 143 cm³/mol. The zero-order valence-corrected chi connectivity index (χ0v) is 21.0. The molecule has 36 heavy (non-hydrogen) atoms. The van der Waals surface area contributed by atoms with E-state index in [0.717, 1.165) is 48.4 Å². The number of amides is 2. The Kier molecular flexibility index (Phi) is 6.94. The largest absolute Gasteiger partial charge is 0.369 e. The number of benzene rings is 2. The van der Waals surface area contributed by atoms with Crippen LogP contribution in [0, 0.1) is 5.92 Å². The van der Waals surface area contributed by atoms with Crippen LogP contribution >= 0.6 is 23.2 Å². The zero-order valence-electron chi connectivity index (χ0n) is 19.5. The number of fused-ring (bicyclic) bond motifs is 1. The molecule has 2 aliphatic rings. The molecule has 9 heteroatoms. The number of rotatable bonds is 5. The number of nitrogens with zero attached hydrogens (tertiary/aromatic N) is 3. The van der Waals surface area contributed by atoms with Crippen molar-refractivity contribution in [3.05, 3.63) is 87.5 Å². The van der Waals surface area contributed by atoms with E-state index in [9.17, 15) is 9.59 Å². The van der Waals surface area contributed by atoms with Crippen molar-refractivity contribution in [1.82, 2.24) is 4.98 Å². The second-order valence-electron chi connectivity index (χ2n) is 9.04. The van der Waals surface area contributed by atoms with Crippen molar-refractivity contribution in [3.63, 3.8) is 0 Å². The van der Waals surface area contributed by atoms with Crippen LogP contribution in [0.25, 0.3) is 0 Å². The van der Waals surface area contributed by atoms with Crippen LogP contribution in [0.5, 0.6) is 0 Å². The van der Waals surface area contributed by atoms with E-state index in [2.05, 4.69) is 15.2 Å². The first kappa shape index (κ1) is 24.3. The number of benzodiazepines with no additional fused rings is 1. The number of hydrogen-bond acceptors (Lipinski definition) is 5. The number of aliphatic imine (C=N–C) groups is 1. The van der Waals surface area contributed by atoms with Crippen LogP contribution in [0.4, 0.5) is 11.5 Å². The molecule has 1 aromatic heterocycles. The minimum atomic E-state index is -0.682. The Balaban J connectivity index is 1.48. The Hall–Kier alpha value is -3.42. The number of carbonyl (C=O) groups is 2. The van der Waals surface area contributed by atoms with Crippen molar-refractivity contribution in [2.24, 2.45) is 16.6 Å². The molecular formula is C27H25Cl2N5O2. The zero-order chi connectivity index (χ0) is 25.2. The summed E-state index contributed by atoms with van der Waals surface area (Å²) in [5.74, 6) is 0.290. The van der Waals surface area contributed by atoms with Gasteiger partial charge < -0.3 is 16.0 Å². The Morgan fingerprint density at radius 3 is 2.56 bits per heavy atom. The number of carbonyl (C=O) groups excluding carboxylic acids is 2. The smallest absolute Gasteiger partial charge is 0.249 e. The summed E-state index contributed by atoms with van der Waals surface area (Å²) in [6, 6.07) is 16.0. The molecule has 0 aliphatic carbocycles. The van der Waals surface area contributed by atoms with Crippen LogP contribution in [0.1, 0.15) is 29.5 Å². The Morgan fingerprint density at radius 2 is 1.86 bits per heavy atom. The van der Waals surface area contributed by atoms with E-state index in [-0.39, 0.29) is 17.7 Å². The third-order valence-corrected chi connectivity index (χ3v) is 7.30. The first-order valence-corrected chi connectivity index (χ1v) is 12.6.